The van der Waals surface area contributed by atoms with Gasteiger partial charge in [-0.05, 0) is 44.9 Å². The highest BCUT2D eigenvalue weighted by Crippen LogP contribution is 2.29. The van der Waals surface area contributed by atoms with Crippen LogP contribution in [0, 0.1) is 11.3 Å². The zero-order valence-electron chi connectivity index (χ0n) is 17.1. The molecule has 0 saturated heterocycles. The third-order valence-electron chi connectivity index (χ3n) is 4.42. The van der Waals surface area contributed by atoms with E-state index in [2.05, 4.69) is 10.6 Å². The molecule has 0 heterocycles. The molecule has 7 nitrogen and oxygen atoms in total. The van der Waals surface area contributed by atoms with Gasteiger partial charge in [0.2, 0.25) is 5.91 Å². The van der Waals surface area contributed by atoms with Crippen molar-refractivity contribution in [2.45, 2.75) is 84.9 Å². The molecular formula is C19H34N2O5. The van der Waals surface area contributed by atoms with Crippen molar-refractivity contribution < 1.29 is 23.9 Å². The van der Waals surface area contributed by atoms with E-state index in [4.69, 9.17) is 9.47 Å². The summed E-state index contributed by atoms with van der Waals surface area (Å²) in [5.74, 6) is -0.859. The first-order valence-electron chi connectivity index (χ1n) is 9.23. The average molecular weight is 370 g/mol. The normalized spacial score (nSPS) is 18.0. The monoisotopic (exact) mass is 370 g/mol. The van der Waals surface area contributed by atoms with Gasteiger partial charge >= 0.3 is 12.1 Å². The van der Waals surface area contributed by atoms with Crippen LogP contribution in [0.2, 0.25) is 0 Å². The van der Waals surface area contributed by atoms with Gasteiger partial charge in [0.25, 0.3) is 0 Å². The largest absolute Gasteiger partial charge is 0.467 e. The summed E-state index contributed by atoms with van der Waals surface area (Å²) in [5, 5.41) is 5.47. The molecule has 2 amide bonds. The summed E-state index contributed by atoms with van der Waals surface area (Å²) >= 11 is 0. The predicted octanol–water partition coefficient (Wildman–Crippen LogP) is 2.77. The number of nitrogens with one attached hydrogen (secondary N) is 2. The molecule has 1 fully saturated rings. The maximum Gasteiger partial charge on any atom is 0.408 e. The lowest BCUT2D eigenvalue weighted by Gasteiger charge is -2.32. The fourth-order valence-corrected chi connectivity index (χ4v) is 3.10. The van der Waals surface area contributed by atoms with E-state index in [0.29, 0.717) is 0 Å². The number of esters is 1. The van der Waals surface area contributed by atoms with Gasteiger partial charge in [-0.2, -0.15) is 0 Å². The van der Waals surface area contributed by atoms with Crippen LogP contribution < -0.4 is 10.6 Å². The Morgan fingerprint density at radius 3 is 1.92 bits per heavy atom. The smallest absolute Gasteiger partial charge is 0.408 e. The molecule has 1 saturated carbocycles. The quantitative estimate of drug-likeness (QED) is 0.726. The van der Waals surface area contributed by atoms with Crippen LogP contribution in [0.1, 0.15) is 67.2 Å². The number of ether oxygens (including phenoxy) is 2. The summed E-state index contributed by atoms with van der Waals surface area (Å²) in [7, 11) is 1.29. The fraction of sp³-hybridized carbons (Fsp3) is 0.842. The van der Waals surface area contributed by atoms with Gasteiger partial charge in [0.15, 0.2) is 0 Å². The van der Waals surface area contributed by atoms with Crippen LogP contribution >= 0.6 is 0 Å². The topological polar surface area (TPSA) is 93.7 Å². The van der Waals surface area contributed by atoms with Crippen molar-refractivity contribution in [3.8, 4) is 0 Å². The zero-order chi connectivity index (χ0) is 20.1. The molecule has 26 heavy (non-hydrogen) atoms. The molecule has 2 N–H and O–H groups in total. The fourth-order valence-electron chi connectivity index (χ4n) is 3.10. The minimum Gasteiger partial charge on any atom is -0.467 e. The van der Waals surface area contributed by atoms with E-state index in [1.807, 2.05) is 20.8 Å². The average Bonchev–Trinajstić information content (AvgIpc) is 3.00. The molecule has 1 rings (SSSR count). The minimum atomic E-state index is -0.802. The van der Waals surface area contributed by atoms with Crippen molar-refractivity contribution in [1.29, 1.82) is 0 Å². The standard InChI is InChI=1S/C19H34N2O5/c1-18(2,3)14(16(23)25-7)21-15(22)13(12-10-8-9-11-12)20-17(24)26-19(4,5)6/h12-14H,8-11H2,1-7H3,(H,20,24)(H,21,22)/t13-,14+/m0/s1. The molecule has 0 radical (unpaired) electrons. The van der Waals surface area contributed by atoms with Gasteiger partial charge in [-0.1, -0.05) is 33.6 Å². The first kappa shape index (κ1) is 22.3. The molecule has 0 aromatic rings. The van der Waals surface area contributed by atoms with Gasteiger partial charge in [-0.25, -0.2) is 9.59 Å². The second-order valence-corrected chi connectivity index (χ2v) is 9.00. The van der Waals surface area contributed by atoms with Crippen LogP contribution in [0.4, 0.5) is 4.79 Å². The van der Waals surface area contributed by atoms with Crippen LogP contribution in [0.5, 0.6) is 0 Å². The van der Waals surface area contributed by atoms with Crippen molar-refractivity contribution in [2.24, 2.45) is 11.3 Å². The number of alkyl carbamates (subject to hydrolysis) is 1. The number of rotatable bonds is 5. The highest BCUT2D eigenvalue weighted by molar-refractivity contribution is 5.90. The van der Waals surface area contributed by atoms with Gasteiger partial charge in [-0.3, -0.25) is 4.79 Å². The van der Waals surface area contributed by atoms with Crippen LogP contribution in [-0.2, 0) is 19.1 Å². The summed E-state index contributed by atoms with van der Waals surface area (Å²) in [5.41, 5.74) is -1.17. The zero-order valence-corrected chi connectivity index (χ0v) is 17.1. The second kappa shape index (κ2) is 8.73. The lowest BCUT2D eigenvalue weighted by Crippen LogP contribution is -2.57. The van der Waals surface area contributed by atoms with E-state index in [9.17, 15) is 14.4 Å². The molecule has 150 valence electrons. The van der Waals surface area contributed by atoms with E-state index in [1.165, 1.54) is 7.11 Å². The predicted molar refractivity (Wildman–Crippen MR) is 98.5 cm³/mol. The van der Waals surface area contributed by atoms with Crippen molar-refractivity contribution in [2.75, 3.05) is 7.11 Å². The van der Waals surface area contributed by atoms with Crippen LogP contribution in [-0.4, -0.2) is 42.8 Å². The van der Waals surface area contributed by atoms with E-state index < -0.39 is 35.2 Å². The van der Waals surface area contributed by atoms with Gasteiger partial charge in [0.05, 0.1) is 7.11 Å². The Morgan fingerprint density at radius 2 is 1.50 bits per heavy atom. The molecule has 0 spiro atoms. The first-order chi connectivity index (χ1) is 11.8. The number of carbonyl (C=O) groups excluding carboxylic acids is 3. The Balaban J connectivity index is 2.93. The lowest BCUT2D eigenvalue weighted by atomic mass is 9.86. The Bertz CT molecular complexity index is 513. The summed E-state index contributed by atoms with van der Waals surface area (Å²) in [6.45, 7) is 10.8. The van der Waals surface area contributed by atoms with E-state index in [1.54, 1.807) is 20.8 Å². The van der Waals surface area contributed by atoms with Crippen LogP contribution in [0.3, 0.4) is 0 Å². The number of carbonyl (C=O) groups is 3. The molecule has 7 heteroatoms. The summed E-state index contributed by atoms with van der Waals surface area (Å²) in [6.07, 6.45) is 3.11. The number of methoxy groups -OCH3 is 1. The molecule has 0 unspecified atom stereocenters. The molecule has 2 atom stereocenters. The summed E-state index contributed by atoms with van der Waals surface area (Å²) < 4.78 is 10.1. The van der Waals surface area contributed by atoms with Crippen LogP contribution in [0.15, 0.2) is 0 Å². The Morgan fingerprint density at radius 1 is 0.962 bits per heavy atom. The van der Waals surface area contributed by atoms with Crippen molar-refractivity contribution >= 4 is 18.0 Å². The molecule has 0 aliphatic heterocycles. The van der Waals surface area contributed by atoms with E-state index in [0.717, 1.165) is 25.7 Å². The lowest BCUT2D eigenvalue weighted by molar-refractivity contribution is -0.148. The summed E-state index contributed by atoms with van der Waals surface area (Å²) in [4.78, 5) is 37.2. The van der Waals surface area contributed by atoms with Gasteiger partial charge in [0, 0.05) is 0 Å². The maximum atomic E-state index is 12.9. The summed E-state index contributed by atoms with van der Waals surface area (Å²) in [6, 6.07) is -1.54. The maximum absolute atomic E-state index is 12.9. The number of hydrogen-bond acceptors (Lipinski definition) is 5. The Hall–Kier alpha value is -1.79. The van der Waals surface area contributed by atoms with Crippen molar-refractivity contribution in [3.63, 3.8) is 0 Å². The second-order valence-electron chi connectivity index (χ2n) is 9.00. The first-order valence-corrected chi connectivity index (χ1v) is 9.23. The Labute approximate surface area is 156 Å². The highest BCUT2D eigenvalue weighted by atomic mass is 16.6. The highest BCUT2D eigenvalue weighted by Gasteiger charge is 2.39. The van der Waals surface area contributed by atoms with E-state index in [-0.39, 0.29) is 11.8 Å². The molecule has 0 aromatic heterocycles. The SMILES string of the molecule is COC(=O)[C@@H](NC(=O)[C@@H](NC(=O)OC(C)(C)C)C1CCCC1)C(C)(C)C. The molecule has 0 aromatic carbocycles. The van der Waals surface area contributed by atoms with E-state index >= 15 is 0 Å². The van der Waals surface area contributed by atoms with Gasteiger partial charge in [0.1, 0.15) is 17.7 Å². The minimum absolute atomic E-state index is 0.0285. The van der Waals surface area contributed by atoms with Gasteiger partial charge in [-0.15, -0.1) is 0 Å². The van der Waals surface area contributed by atoms with Crippen molar-refractivity contribution in [1.82, 2.24) is 10.6 Å². The van der Waals surface area contributed by atoms with Crippen molar-refractivity contribution in [3.05, 3.63) is 0 Å². The molecule has 1 aliphatic rings. The Kier molecular flexibility index (Phi) is 7.47. The van der Waals surface area contributed by atoms with Gasteiger partial charge < -0.3 is 20.1 Å². The third kappa shape index (κ3) is 6.84. The number of amides is 2. The third-order valence-corrected chi connectivity index (χ3v) is 4.42. The molecule has 1 aliphatic carbocycles. The molecular weight excluding hydrogens is 336 g/mol. The molecule has 0 bridgehead atoms. The van der Waals surface area contributed by atoms with Crippen LogP contribution in [0.25, 0.3) is 0 Å². The number of hydrogen-bond donors (Lipinski definition) is 2.